The molecule has 31 heavy (non-hydrogen) atoms. The Hall–Kier alpha value is -3.52. The van der Waals surface area contributed by atoms with Gasteiger partial charge in [0.25, 0.3) is 5.91 Å². The number of hydrogen-bond acceptors (Lipinski definition) is 7. The Bertz CT molecular complexity index is 1240. The second-order valence-corrected chi connectivity index (χ2v) is 9.63. The number of guanidine groups is 1. The van der Waals surface area contributed by atoms with Crippen molar-refractivity contribution in [3.05, 3.63) is 59.2 Å². The monoisotopic (exact) mass is 442 g/mol. The normalized spacial score (nSPS) is 24.1. The smallest absolute Gasteiger partial charge is 0.274 e. The number of hydrogen-bond donors (Lipinski definition) is 2. The van der Waals surface area contributed by atoms with Gasteiger partial charge in [-0.15, -0.1) is 0 Å². The van der Waals surface area contributed by atoms with Gasteiger partial charge in [-0.05, 0) is 49.6 Å². The van der Waals surface area contributed by atoms with Gasteiger partial charge in [0.2, 0.25) is 16.0 Å². The lowest BCUT2D eigenvalue weighted by Crippen LogP contribution is -2.55. The number of fused-ring (bicyclic) bond motifs is 1. The van der Waals surface area contributed by atoms with Crippen LogP contribution < -0.4 is 11.1 Å². The number of nitriles is 1. The number of halogens is 1. The number of carbonyl (C=O) groups is 1. The highest BCUT2D eigenvalue weighted by atomic mass is 32.2. The lowest BCUT2D eigenvalue weighted by molar-refractivity contribution is 0.102. The van der Waals surface area contributed by atoms with Crippen LogP contribution >= 0.6 is 0 Å². The number of nitrogens with zero attached hydrogens (tertiary/aromatic N) is 4. The first-order valence-corrected chi connectivity index (χ1v) is 11.0. The Labute approximate surface area is 178 Å². The second-order valence-electron chi connectivity index (χ2n) is 7.48. The van der Waals surface area contributed by atoms with Crippen LogP contribution in [0.1, 0.15) is 40.9 Å². The number of pyridine rings is 1. The van der Waals surface area contributed by atoms with Crippen LogP contribution in [0.25, 0.3) is 0 Å². The van der Waals surface area contributed by atoms with Crippen LogP contribution in [0.2, 0.25) is 0 Å². The predicted octanol–water partition coefficient (Wildman–Crippen LogP) is 1.68. The molecule has 0 saturated heterocycles. The number of aromatic nitrogens is 1. The summed E-state index contributed by atoms with van der Waals surface area (Å²) in [6.45, 7) is 0. The van der Waals surface area contributed by atoms with Crippen molar-refractivity contribution in [3.8, 4) is 6.07 Å². The van der Waals surface area contributed by atoms with E-state index in [1.807, 2.05) is 6.07 Å². The van der Waals surface area contributed by atoms with Crippen LogP contribution in [-0.2, 0) is 15.6 Å². The molecule has 0 unspecified atom stereocenters. The van der Waals surface area contributed by atoms with E-state index in [9.17, 15) is 17.6 Å². The zero-order chi connectivity index (χ0) is 22.4. The SMILES string of the molecule is CN1C(N)=N[C@@]2(c3cc(NC(=O)c4ccc(C#N)cn4)ccc3F)CCC[C@H]2S1(=O)=O. The molecule has 1 aliphatic heterocycles. The van der Waals surface area contributed by atoms with Crippen LogP contribution in [0.5, 0.6) is 0 Å². The third-order valence-corrected chi connectivity index (χ3v) is 8.05. The maximum absolute atomic E-state index is 14.9. The molecule has 1 fully saturated rings. The molecule has 0 radical (unpaired) electrons. The molecule has 9 nitrogen and oxygen atoms in total. The van der Waals surface area contributed by atoms with E-state index in [-0.39, 0.29) is 22.9 Å². The number of nitrogens with one attached hydrogen (secondary N) is 1. The summed E-state index contributed by atoms with van der Waals surface area (Å²) in [4.78, 5) is 20.9. The maximum atomic E-state index is 14.9. The number of sulfonamides is 1. The van der Waals surface area contributed by atoms with Crippen LogP contribution in [0.15, 0.2) is 41.5 Å². The minimum absolute atomic E-state index is 0.0696. The first-order valence-electron chi connectivity index (χ1n) is 9.49. The number of carbonyl (C=O) groups excluding carboxylic acids is 1. The van der Waals surface area contributed by atoms with Gasteiger partial charge in [0.1, 0.15) is 28.4 Å². The molecule has 4 rings (SSSR count). The molecule has 1 saturated carbocycles. The molecule has 2 heterocycles. The number of amides is 1. The molecular formula is C20H19FN6O3S. The highest BCUT2D eigenvalue weighted by Crippen LogP contribution is 2.49. The first-order chi connectivity index (χ1) is 14.7. The van der Waals surface area contributed by atoms with E-state index in [0.29, 0.717) is 24.8 Å². The summed E-state index contributed by atoms with van der Waals surface area (Å²) >= 11 is 0. The van der Waals surface area contributed by atoms with E-state index in [1.54, 1.807) is 0 Å². The van der Waals surface area contributed by atoms with Crippen LogP contribution in [-0.4, -0.2) is 41.9 Å². The van der Waals surface area contributed by atoms with Crippen LogP contribution in [0, 0.1) is 17.1 Å². The highest BCUT2D eigenvalue weighted by molar-refractivity contribution is 7.90. The highest BCUT2D eigenvalue weighted by Gasteiger charge is 2.56. The molecule has 11 heteroatoms. The van der Waals surface area contributed by atoms with E-state index in [4.69, 9.17) is 11.0 Å². The summed E-state index contributed by atoms with van der Waals surface area (Å²) in [6, 6.07) is 8.71. The standard InChI is InChI=1S/C20H19FN6O3S/c1-27-19(23)26-20(8-2-3-17(20)31(27,29)30)14-9-13(5-6-15(14)21)25-18(28)16-7-4-12(10-22)11-24-16/h4-7,9,11,17H,2-3,8H2,1H3,(H2,23,26)(H,25,28)/t17-,20-/m1/s1. The number of anilines is 1. The van der Waals surface area contributed by atoms with Gasteiger partial charge in [-0.1, -0.05) is 0 Å². The van der Waals surface area contributed by atoms with Crippen molar-refractivity contribution in [2.24, 2.45) is 10.7 Å². The van der Waals surface area contributed by atoms with E-state index in [1.165, 1.54) is 37.5 Å². The van der Waals surface area contributed by atoms with Gasteiger partial charge >= 0.3 is 0 Å². The number of aliphatic imine (C=N–C) groups is 1. The molecule has 0 spiro atoms. The summed E-state index contributed by atoms with van der Waals surface area (Å²) in [5.74, 6) is -1.38. The fourth-order valence-electron chi connectivity index (χ4n) is 4.17. The molecule has 2 aliphatic rings. The average Bonchev–Trinajstić information content (AvgIpc) is 3.19. The Morgan fingerprint density at radius 2 is 2.16 bits per heavy atom. The number of benzene rings is 1. The predicted molar refractivity (Wildman–Crippen MR) is 111 cm³/mol. The summed E-state index contributed by atoms with van der Waals surface area (Å²) in [5.41, 5.74) is 5.24. The molecular weight excluding hydrogens is 423 g/mol. The molecule has 2 atom stereocenters. The molecule has 1 amide bonds. The van der Waals surface area contributed by atoms with E-state index >= 15 is 0 Å². The third kappa shape index (κ3) is 3.29. The quantitative estimate of drug-likeness (QED) is 0.741. The summed E-state index contributed by atoms with van der Waals surface area (Å²) in [7, 11) is -2.48. The fraction of sp³-hybridized carbons (Fsp3) is 0.300. The summed E-state index contributed by atoms with van der Waals surface area (Å²) in [5, 5.41) is 10.5. The van der Waals surface area contributed by atoms with Gasteiger partial charge < -0.3 is 11.1 Å². The van der Waals surface area contributed by atoms with Gasteiger partial charge in [0, 0.05) is 24.5 Å². The van der Waals surface area contributed by atoms with Crippen LogP contribution in [0.3, 0.4) is 0 Å². The Morgan fingerprint density at radius 3 is 2.84 bits per heavy atom. The van der Waals surface area contributed by atoms with E-state index in [2.05, 4.69) is 15.3 Å². The molecule has 1 aromatic heterocycles. The molecule has 3 N–H and O–H groups in total. The number of rotatable bonds is 3. The third-order valence-electron chi connectivity index (χ3n) is 5.75. The van der Waals surface area contributed by atoms with Gasteiger partial charge in [0.05, 0.1) is 5.56 Å². The van der Waals surface area contributed by atoms with Crippen molar-refractivity contribution in [1.29, 1.82) is 5.26 Å². The fourth-order valence-corrected chi connectivity index (χ4v) is 6.11. The van der Waals surface area contributed by atoms with Crippen molar-refractivity contribution in [2.75, 3.05) is 12.4 Å². The maximum Gasteiger partial charge on any atom is 0.274 e. The van der Waals surface area contributed by atoms with Crippen molar-refractivity contribution < 1.29 is 17.6 Å². The molecule has 0 bridgehead atoms. The lowest BCUT2D eigenvalue weighted by atomic mass is 9.87. The zero-order valence-electron chi connectivity index (χ0n) is 16.5. The Kier molecular flexibility index (Phi) is 4.89. The van der Waals surface area contributed by atoms with Gasteiger partial charge in [0.15, 0.2) is 0 Å². The van der Waals surface area contributed by atoms with Crippen molar-refractivity contribution in [3.63, 3.8) is 0 Å². The van der Waals surface area contributed by atoms with Gasteiger partial charge in [-0.2, -0.15) is 5.26 Å². The second kappa shape index (κ2) is 7.31. The Morgan fingerprint density at radius 1 is 1.39 bits per heavy atom. The van der Waals surface area contributed by atoms with Gasteiger partial charge in [-0.25, -0.2) is 27.1 Å². The van der Waals surface area contributed by atoms with Crippen LogP contribution in [0.4, 0.5) is 10.1 Å². The van der Waals surface area contributed by atoms with Crippen molar-refractivity contribution in [2.45, 2.75) is 30.1 Å². The topological polar surface area (TPSA) is 142 Å². The van der Waals surface area contributed by atoms with Crippen molar-refractivity contribution in [1.82, 2.24) is 9.29 Å². The van der Waals surface area contributed by atoms with E-state index in [0.717, 1.165) is 10.4 Å². The van der Waals surface area contributed by atoms with Crippen molar-refractivity contribution >= 4 is 27.6 Å². The summed E-state index contributed by atoms with van der Waals surface area (Å²) in [6.07, 6.45) is 2.46. The molecule has 160 valence electrons. The average molecular weight is 442 g/mol. The molecule has 1 aromatic carbocycles. The van der Waals surface area contributed by atoms with E-state index < -0.39 is 32.5 Å². The number of nitrogens with two attached hydrogens (primary N) is 1. The zero-order valence-corrected chi connectivity index (χ0v) is 17.4. The minimum atomic E-state index is -3.81. The minimum Gasteiger partial charge on any atom is -0.369 e. The first kappa shape index (κ1) is 20.7. The van der Waals surface area contributed by atoms with Gasteiger partial charge in [-0.3, -0.25) is 4.79 Å². The molecule has 1 aliphatic carbocycles. The Balaban J connectivity index is 1.73. The largest absolute Gasteiger partial charge is 0.369 e. The lowest BCUT2D eigenvalue weighted by Gasteiger charge is -2.39. The molecule has 2 aromatic rings. The summed E-state index contributed by atoms with van der Waals surface area (Å²) < 4.78 is 41.7.